The number of carbonyl (C=O) groups excluding carboxylic acids is 2. The van der Waals surface area contributed by atoms with E-state index in [-0.39, 0.29) is 23.9 Å². The molecule has 2 atom stereocenters. The minimum Gasteiger partial charge on any atom is -0.388 e. The number of aliphatic hydroxyl groups is 1. The molecule has 4 fully saturated rings. The quantitative estimate of drug-likeness (QED) is 0.653. The van der Waals surface area contributed by atoms with E-state index in [0.717, 1.165) is 32.7 Å². The van der Waals surface area contributed by atoms with Crippen LogP contribution in [0.1, 0.15) is 50.5 Å². The third kappa shape index (κ3) is 5.00. The van der Waals surface area contributed by atoms with Crippen LogP contribution in [0.25, 0.3) is 0 Å². The van der Waals surface area contributed by atoms with Gasteiger partial charge in [0.2, 0.25) is 11.8 Å². The zero-order valence-corrected chi connectivity index (χ0v) is 20.2. The van der Waals surface area contributed by atoms with Gasteiger partial charge in [-0.3, -0.25) is 19.8 Å². The first-order valence-corrected chi connectivity index (χ1v) is 12.7. The van der Waals surface area contributed by atoms with Gasteiger partial charge in [-0.25, -0.2) is 0 Å². The standard InChI is InChI=1S/C26H38N4O4/c1-20(21-5-3-2-4-6-21)13-23(31)28-10-7-26(33,8-11-28)17-30-19-27-22(14-24(30)32)29-15-25(16-29)9-12-34-18-25/h2-6,20,22,27,33H,7-19H2,1H3/t20-,22?/m1/s1. The lowest BCUT2D eigenvalue weighted by molar-refractivity contribution is -0.149. The van der Waals surface area contributed by atoms with Crippen molar-refractivity contribution >= 4 is 11.8 Å². The SMILES string of the molecule is C[C@H](CC(=O)N1CCC(O)(CN2CNC(N3CC4(CCOC4)C3)CC2=O)CC1)c1ccccc1. The van der Waals surface area contributed by atoms with Gasteiger partial charge in [-0.1, -0.05) is 37.3 Å². The first-order valence-electron chi connectivity index (χ1n) is 12.7. The highest BCUT2D eigenvalue weighted by molar-refractivity contribution is 5.78. The number of rotatable bonds is 6. The summed E-state index contributed by atoms with van der Waals surface area (Å²) in [6, 6.07) is 10.1. The Kier molecular flexibility index (Phi) is 6.68. The minimum atomic E-state index is -0.937. The van der Waals surface area contributed by atoms with Gasteiger partial charge in [0.25, 0.3) is 0 Å². The molecule has 1 spiro atoms. The highest BCUT2D eigenvalue weighted by Crippen LogP contribution is 2.39. The van der Waals surface area contributed by atoms with Gasteiger partial charge >= 0.3 is 0 Å². The van der Waals surface area contributed by atoms with E-state index in [1.165, 1.54) is 5.56 Å². The van der Waals surface area contributed by atoms with Gasteiger partial charge in [0.05, 0.1) is 38.0 Å². The van der Waals surface area contributed by atoms with Crippen molar-refractivity contribution < 1.29 is 19.4 Å². The molecule has 1 unspecified atom stereocenters. The molecular formula is C26H38N4O4. The second kappa shape index (κ2) is 9.57. The normalized spacial score (nSPS) is 27.6. The van der Waals surface area contributed by atoms with Crippen LogP contribution in [0.4, 0.5) is 0 Å². The van der Waals surface area contributed by atoms with Crippen molar-refractivity contribution in [3.8, 4) is 0 Å². The Hall–Kier alpha value is -2.00. The zero-order chi connectivity index (χ0) is 23.8. The molecule has 4 heterocycles. The number of carbonyl (C=O) groups is 2. The number of hydrogen-bond acceptors (Lipinski definition) is 6. The minimum absolute atomic E-state index is 0.0793. The molecule has 8 heteroatoms. The van der Waals surface area contributed by atoms with Crippen LogP contribution >= 0.6 is 0 Å². The molecule has 0 radical (unpaired) electrons. The topological polar surface area (TPSA) is 85.4 Å². The molecule has 4 aliphatic heterocycles. The average Bonchev–Trinajstić information content (AvgIpc) is 3.31. The molecule has 0 bridgehead atoms. The van der Waals surface area contributed by atoms with Crippen molar-refractivity contribution in [3.63, 3.8) is 0 Å². The summed E-state index contributed by atoms with van der Waals surface area (Å²) in [6.45, 7) is 7.62. The summed E-state index contributed by atoms with van der Waals surface area (Å²) in [4.78, 5) is 31.6. The van der Waals surface area contributed by atoms with Crippen molar-refractivity contribution in [2.24, 2.45) is 5.41 Å². The van der Waals surface area contributed by atoms with Crippen LogP contribution in [0.5, 0.6) is 0 Å². The Morgan fingerprint density at radius 3 is 2.59 bits per heavy atom. The molecule has 0 aliphatic carbocycles. The molecule has 1 aromatic carbocycles. The van der Waals surface area contributed by atoms with E-state index < -0.39 is 5.60 Å². The predicted molar refractivity (Wildman–Crippen MR) is 128 cm³/mol. The Balaban J connectivity index is 1.06. The number of ether oxygens (including phenoxy) is 1. The van der Waals surface area contributed by atoms with E-state index in [9.17, 15) is 14.7 Å². The third-order valence-electron chi connectivity index (χ3n) is 8.32. The van der Waals surface area contributed by atoms with Crippen LogP contribution in [-0.2, 0) is 14.3 Å². The summed E-state index contributed by atoms with van der Waals surface area (Å²) in [5, 5.41) is 14.7. The molecule has 5 rings (SSSR count). The maximum Gasteiger partial charge on any atom is 0.226 e. The monoisotopic (exact) mass is 470 g/mol. The van der Waals surface area contributed by atoms with Crippen molar-refractivity contribution in [1.29, 1.82) is 0 Å². The van der Waals surface area contributed by atoms with Gasteiger partial charge in [-0.15, -0.1) is 0 Å². The van der Waals surface area contributed by atoms with E-state index in [0.29, 0.717) is 57.4 Å². The predicted octanol–water partition coefficient (Wildman–Crippen LogP) is 1.36. The van der Waals surface area contributed by atoms with Gasteiger partial charge in [0.1, 0.15) is 0 Å². The van der Waals surface area contributed by atoms with E-state index in [4.69, 9.17) is 4.74 Å². The van der Waals surface area contributed by atoms with Crippen LogP contribution in [0.3, 0.4) is 0 Å². The van der Waals surface area contributed by atoms with E-state index in [2.05, 4.69) is 29.3 Å². The van der Waals surface area contributed by atoms with Gasteiger partial charge in [-0.05, 0) is 30.7 Å². The Morgan fingerprint density at radius 1 is 1.21 bits per heavy atom. The fourth-order valence-electron chi connectivity index (χ4n) is 5.98. The first kappa shape index (κ1) is 23.7. The fraction of sp³-hybridized carbons (Fsp3) is 0.692. The molecule has 8 nitrogen and oxygen atoms in total. The van der Waals surface area contributed by atoms with Crippen LogP contribution < -0.4 is 5.32 Å². The summed E-state index contributed by atoms with van der Waals surface area (Å²) in [5.74, 6) is 0.398. The van der Waals surface area contributed by atoms with Crippen LogP contribution in [0, 0.1) is 5.41 Å². The number of benzene rings is 1. The second-order valence-electron chi connectivity index (χ2n) is 11.0. The van der Waals surface area contributed by atoms with Crippen LogP contribution in [0.15, 0.2) is 30.3 Å². The van der Waals surface area contributed by atoms with Crippen LogP contribution in [0.2, 0.25) is 0 Å². The largest absolute Gasteiger partial charge is 0.388 e. The molecule has 4 aliphatic rings. The summed E-state index contributed by atoms with van der Waals surface area (Å²) in [5.41, 5.74) is 0.540. The number of nitrogens with one attached hydrogen (secondary N) is 1. The van der Waals surface area contributed by atoms with E-state index in [1.807, 2.05) is 23.1 Å². The van der Waals surface area contributed by atoms with Gasteiger partial charge in [0, 0.05) is 44.6 Å². The van der Waals surface area contributed by atoms with E-state index in [1.54, 1.807) is 4.90 Å². The van der Waals surface area contributed by atoms with Crippen LogP contribution in [-0.4, -0.2) is 96.0 Å². The lowest BCUT2D eigenvalue weighted by atomic mass is 9.78. The second-order valence-corrected chi connectivity index (χ2v) is 11.0. The summed E-state index contributed by atoms with van der Waals surface area (Å²) in [7, 11) is 0. The number of β-amino-alcohol motifs (C(OH)–C–C–N with tert-alkyl or cyclic N) is 1. The highest BCUT2D eigenvalue weighted by Gasteiger charge is 2.49. The van der Waals surface area contributed by atoms with Crippen molar-refractivity contribution in [1.82, 2.24) is 20.0 Å². The number of amides is 2. The third-order valence-corrected chi connectivity index (χ3v) is 8.32. The molecule has 0 aromatic heterocycles. The molecule has 186 valence electrons. The Bertz CT molecular complexity index is 872. The summed E-state index contributed by atoms with van der Waals surface area (Å²) in [6.07, 6.45) is 3.11. The number of hydrogen-bond donors (Lipinski definition) is 2. The smallest absolute Gasteiger partial charge is 0.226 e. The number of nitrogens with zero attached hydrogens (tertiary/aromatic N) is 3. The lowest BCUT2D eigenvalue weighted by Crippen LogP contribution is -2.68. The Morgan fingerprint density at radius 2 is 1.94 bits per heavy atom. The van der Waals surface area contributed by atoms with E-state index >= 15 is 0 Å². The molecule has 1 aromatic rings. The van der Waals surface area contributed by atoms with Crippen molar-refractivity contribution in [2.75, 3.05) is 52.6 Å². The van der Waals surface area contributed by atoms with Gasteiger partial charge in [0.15, 0.2) is 0 Å². The molecule has 0 saturated carbocycles. The highest BCUT2D eigenvalue weighted by atomic mass is 16.5. The maximum atomic E-state index is 12.9. The molecule has 2 N–H and O–H groups in total. The molecule has 2 amide bonds. The maximum absolute atomic E-state index is 12.9. The average molecular weight is 471 g/mol. The molecule has 34 heavy (non-hydrogen) atoms. The number of likely N-dealkylation sites (tertiary alicyclic amines) is 2. The van der Waals surface area contributed by atoms with Gasteiger partial charge in [-0.2, -0.15) is 0 Å². The fourth-order valence-corrected chi connectivity index (χ4v) is 5.98. The Labute approximate surface area is 202 Å². The number of piperidine rings is 1. The van der Waals surface area contributed by atoms with Gasteiger partial charge < -0.3 is 19.6 Å². The first-order chi connectivity index (χ1) is 16.3. The molecular weight excluding hydrogens is 432 g/mol. The summed E-state index contributed by atoms with van der Waals surface area (Å²) < 4.78 is 5.56. The zero-order valence-electron chi connectivity index (χ0n) is 20.2. The molecule has 4 saturated heterocycles. The van der Waals surface area contributed by atoms with Crippen molar-refractivity contribution in [2.45, 2.75) is 56.7 Å². The lowest BCUT2D eigenvalue weighted by Gasteiger charge is -2.52. The van der Waals surface area contributed by atoms with Crippen molar-refractivity contribution in [3.05, 3.63) is 35.9 Å². The summed E-state index contributed by atoms with van der Waals surface area (Å²) >= 11 is 0.